The Bertz CT molecular complexity index is 324. The Kier molecular flexibility index (Phi) is 4.69. The quantitative estimate of drug-likeness (QED) is 0.626. The van der Waals surface area contributed by atoms with Crippen LogP contribution >= 0.6 is 11.3 Å². The first-order valence-corrected chi connectivity index (χ1v) is 5.69. The Morgan fingerprint density at radius 2 is 2.25 bits per heavy atom. The molecule has 0 aliphatic rings. The number of hydrogen-bond acceptors (Lipinski definition) is 4. The third kappa shape index (κ3) is 4.46. The number of halogens is 3. The zero-order valence-electron chi connectivity index (χ0n) is 8.84. The molecule has 0 aromatic carbocycles. The molecule has 0 radical (unpaired) electrons. The Morgan fingerprint density at radius 3 is 2.69 bits per heavy atom. The summed E-state index contributed by atoms with van der Waals surface area (Å²) in [4.78, 5) is 4.92. The number of aryl methyl sites for hydroxylation is 1. The molecule has 0 spiro atoms. The van der Waals surface area contributed by atoms with Gasteiger partial charge in [0.15, 0.2) is 0 Å². The number of nitrogens with zero attached hydrogens (tertiary/aromatic N) is 1. The monoisotopic (exact) mass is 253 g/mol. The van der Waals surface area contributed by atoms with Crippen LogP contribution in [0.15, 0.2) is 6.20 Å². The van der Waals surface area contributed by atoms with Gasteiger partial charge in [-0.2, -0.15) is 13.2 Å². The van der Waals surface area contributed by atoms with Crippen LogP contribution in [-0.2, 0) is 0 Å². The van der Waals surface area contributed by atoms with Crippen molar-refractivity contribution >= 4 is 11.3 Å². The Labute approximate surface area is 95.8 Å². The van der Waals surface area contributed by atoms with Gasteiger partial charge in [0.05, 0.1) is 11.0 Å². The summed E-state index contributed by atoms with van der Waals surface area (Å²) in [5.74, 6) is 5.31. The summed E-state index contributed by atoms with van der Waals surface area (Å²) >= 11 is 1.44. The Hall–Kier alpha value is -0.660. The van der Waals surface area contributed by atoms with Crippen molar-refractivity contribution in [3.05, 3.63) is 16.1 Å². The molecule has 16 heavy (non-hydrogen) atoms. The normalized spacial score (nSPS) is 14.1. The molecule has 0 aliphatic heterocycles. The first kappa shape index (κ1) is 13.4. The molecule has 1 rings (SSSR count). The fraction of sp³-hybridized carbons (Fsp3) is 0.667. The summed E-state index contributed by atoms with van der Waals surface area (Å²) in [6, 6.07) is -0.242. The summed E-state index contributed by atoms with van der Waals surface area (Å²) in [7, 11) is 0. The lowest BCUT2D eigenvalue weighted by Crippen LogP contribution is -2.27. The minimum Gasteiger partial charge on any atom is -0.271 e. The molecule has 0 fully saturated rings. The van der Waals surface area contributed by atoms with E-state index in [2.05, 4.69) is 10.4 Å². The molecular formula is C9H14F3N3S. The molecule has 0 bridgehead atoms. The predicted molar refractivity (Wildman–Crippen MR) is 56.8 cm³/mol. The van der Waals surface area contributed by atoms with Crippen LogP contribution in [0.3, 0.4) is 0 Å². The number of alkyl halides is 3. The van der Waals surface area contributed by atoms with Gasteiger partial charge in [0.1, 0.15) is 0 Å². The number of rotatable bonds is 5. The highest BCUT2D eigenvalue weighted by molar-refractivity contribution is 7.11. The highest BCUT2D eigenvalue weighted by Crippen LogP contribution is 2.28. The number of hydrazine groups is 1. The van der Waals surface area contributed by atoms with Crippen molar-refractivity contribution in [3.63, 3.8) is 0 Å². The Balaban J connectivity index is 2.44. The number of aromatic nitrogens is 1. The van der Waals surface area contributed by atoms with Gasteiger partial charge in [-0.3, -0.25) is 11.3 Å². The third-order valence-electron chi connectivity index (χ3n) is 2.14. The minimum absolute atomic E-state index is 0.0648. The summed E-state index contributed by atoms with van der Waals surface area (Å²) in [5, 5.41) is 0.881. The van der Waals surface area contributed by atoms with Crippen molar-refractivity contribution in [2.75, 3.05) is 0 Å². The van der Waals surface area contributed by atoms with E-state index in [9.17, 15) is 13.2 Å². The largest absolute Gasteiger partial charge is 0.389 e. The van der Waals surface area contributed by atoms with Crippen molar-refractivity contribution in [1.29, 1.82) is 0 Å². The molecule has 1 aromatic rings. The van der Waals surface area contributed by atoms with Crippen LogP contribution in [0.1, 0.15) is 35.2 Å². The van der Waals surface area contributed by atoms with Crippen LogP contribution in [-0.4, -0.2) is 11.2 Å². The van der Waals surface area contributed by atoms with Crippen LogP contribution in [0.4, 0.5) is 13.2 Å². The van der Waals surface area contributed by atoms with Gasteiger partial charge in [-0.05, 0) is 19.8 Å². The van der Waals surface area contributed by atoms with Crippen molar-refractivity contribution < 1.29 is 13.2 Å². The lowest BCUT2D eigenvalue weighted by molar-refractivity contribution is -0.135. The molecule has 0 saturated heterocycles. The molecule has 3 nitrogen and oxygen atoms in total. The van der Waals surface area contributed by atoms with Gasteiger partial charge >= 0.3 is 6.18 Å². The van der Waals surface area contributed by atoms with E-state index in [4.69, 9.17) is 5.84 Å². The van der Waals surface area contributed by atoms with Crippen LogP contribution in [0, 0.1) is 6.92 Å². The summed E-state index contributed by atoms with van der Waals surface area (Å²) in [6.07, 6.45) is -2.79. The van der Waals surface area contributed by atoms with Gasteiger partial charge in [-0.25, -0.2) is 4.98 Å². The molecule has 1 unspecified atom stereocenters. The van der Waals surface area contributed by atoms with Crippen LogP contribution < -0.4 is 11.3 Å². The lowest BCUT2D eigenvalue weighted by atomic mass is 10.1. The molecule has 0 saturated carbocycles. The van der Waals surface area contributed by atoms with Crippen LogP contribution in [0.5, 0.6) is 0 Å². The smallest absolute Gasteiger partial charge is 0.271 e. The first-order chi connectivity index (χ1) is 7.42. The van der Waals surface area contributed by atoms with E-state index < -0.39 is 12.6 Å². The lowest BCUT2D eigenvalue weighted by Gasteiger charge is -2.14. The molecule has 3 N–H and O–H groups in total. The topological polar surface area (TPSA) is 50.9 Å². The maximum absolute atomic E-state index is 12.0. The zero-order valence-corrected chi connectivity index (χ0v) is 9.66. The van der Waals surface area contributed by atoms with Gasteiger partial charge in [0.25, 0.3) is 0 Å². The van der Waals surface area contributed by atoms with Crippen molar-refractivity contribution in [3.8, 4) is 0 Å². The van der Waals surface area contributed by atoms with Crippen molar-refractivity contribution in [2.24, 2.45) is 5.84 Å². The first-order valence-electron chi connectivity index (χ1n) is 4.87. The summed E-state index contributed by atoms with van der Waals surface area (Å²) in [5.41, 5.74) is 2.52. The van der Waals surface area contributed by atoms with E-state index in [1.165, 1.54) is 11.3 Å². The van der Waals surface area contributed by atoms with Gasteiger partial charge in [0.2, 0.25) is 0 Å². The van der Waals surface area contributed by atoms with E-state index in [0.29, 0.717) is 6.42 Å². The summed E-state index contributed by atoms with van der Waals surface area (Å²) in [6.45, 7) is 1.84. The van der Waals surface area contributed by atoms with Gasteiger partial charge in [-0.1, -0.05) is 0 Å². The molecule has 1 heterocycles. The molecule has 1 aromatic heterocycles. The van der Waals surface area contributed by atoms with E-state index >= 15 is 0 Å². The molecule has 0 aliphatic carbocycles. The second kappa shape index (κ2) is 5.60. The van der Waals surface area contributed by atoms with E-state index in [1.54, 1.807) is 6.20 Å². The number of hydrogen-bond donors (Lipinski definition) is 2. The van der Waals surface area contributed by atoms with E-state index in [-0.39, 0.29) is 12.5 Å². The molecule has 92 valence electrons. The summed E-state index contributed by atoms with van der Waals surface area (Å²) < 4.78 is 35.9. The molecular weight excluding hydrogens is 239 g/mol. The molecule has 1 atom stereocenters. The standard InChI is InChI=1S/C9H14F3N3S/c1-6-14-5-8(16-6)7(15-13)3-2-4-9(10,11)12/h5,7,15H,2-4,13H2,1H3. The predicted octanol–water partition coefficient (Wildman–Crippen LogP) is 2.69. The number of thiazole rings is 1. The zero-order chi connectivity index (χ0) is 12.2. The maximum Gasteiger partial charge on any atom is 0.389 e. The number of nitrogens with two attached hydrogens (primary N) is 1. The third-order valence-corrected chi connectivity index (χ3v) is 3.16. The maximum atomic E-state index is 12.0. The fourth-order valence-corrected chi connectivity index (χ4v) is 2.23. The van der Waals surface area contributed by atoms with E-state index in [0.717, 1.165) is 9.88 Å². The average Bonchev–Trinajstić information content (AvgIpc) is 2.58. The van der Waals surface area contributed by atoms with Gasteiger partial charge in [-0.15, -0.1) is 11.3 Å². The van der Waals surface area contributed by atoms with E-state index in [1.807, 2.05) is 6.92 Å². The fourth-order valence-electron chi connectivity index (χ4n) is 1.35. The SMILES string of the molecule is Cc1ncc(C(CCCC(F)(F)F)NN)s1. The van der Waals surface area contributed by atoms with Crippen LogP contribution in [0.25, 0.3) is 0 Å². The highest BCUT2D eigenvalue weighted by Gasteiger charge is 2.27. The highest BCUT2D eigenvalue weighted by atomic mass is 32.1. The Morgan fingerprint density at radius 1 is 1.56 bits per heavy atom. The van der Waals surface area contributed by atoms with Crippen molar-refractivity contribution in [1.82, 2.24) is 10.4 Å². The number of nitrogens with one attached hydrogen (secondary N) is 1. The second-order valence-electron chi connectivity index (χ2n) is 3.51. The van der Waals surface area contributed by atoms with Gasteiger partial charge in [0, 0.05) is 17.5 Å². The van der Waals surface area contributed by atoms with Crippen molar-refractivity contribution in [2.45, 2.75) is 38.4 Å². The van der Waals surface area contributed by atoms with Crippen LogP contribution in [0.2, 0.25) is 0 Å². The van der Waals surface area contributed by atoms with Gasteiger partial charge < -0.3 is 0 Å². The molecule has 0 amide bonds. The average molecular weight is 253 g/mol. The second-order valence-corrected chi connectivity index (χ2v) is 4.77. The minimum atomic E-state index is -4.09. The molecule has 7 heteroatoms.